The smallest absolute Gasteiger partial charge is 0.251 e. The largest absolute Gasteiger partial charge is 0.395 e. The van der Waals surface area contributed by atoms with Crippen molar-refractivity contribution in [1.82, 2.24) is 5.32 Å². The van der Waals surface area contributed by atoms with Gasteiger partial charge in [0.2, 0.25) is 5.91 Å². The molecule has 0 radical (unpaired) electrons. The zero-order valence-electron chi connectivity index (χ0n) is 11.8. The number of nitrogens with zero attached hydrogens (tertiary/aromatic N) is 1. The van der Waals surface area contributed by atoms with E-state index in [1.165, 1.54) is 10.5 Å². The Hall–Kier alpha value is -1.72. The Morgan fingerprint density at radius 1 is 1.30 bits per heavy atom. The average molecular weight is 276 g/mol. The van der Waals surface area contributed by atoms with Crippen LogP contribution in [0.2, 0.25) is 0 Å². The Balaban J connectivity index is 2.15. The highest BCUT2D eigenvalue weighted by molar-refractivity contribution is 6.22. The predicted octanol–water partition coefficient (Wildman–Crippen LogP) is 1.02. The van der Waals surface area contributed by atoms with Crippen LogP contribution in [0.1, 0.15) is 31.7 Å². The van der Waals surface area contributed by atoms with Gasteiger partial charge in [0.25, 0.3) is 5.91 Å². The lowest BCUT2D eigenvalue weighted by Crippen LogP contribution is -2.39. The third-order valence-corrected chi connectivity index (χ3v) is 3.47. The van der Waals surface area contributed by atoms with Gasteiger partial charge in [-0.25, -0.2) is 4.90 Å². The third kappa shape index (κ3) is 2.89. The molecule has 2 rings (SSSR count). The van der Waals surface area contributed by atoms with Crippen LogP contribution < -0.4 is 10.2 Å². The zero-order chi connectivity index (χ0) is 14.7. The molecule has 0 aromatic heterocycles. The van der Waals surface area contributed by atoms with Gasteiger partial charge in [0.05, 0.1) is 24.8 Å². The van der Waals surface area contributed by atoms with Gasteiger partial charge in [-0.15, -0.1) is 0 Å². The summed E-state index contributed by atoms with van der Waals surface area (Å²) in [5, 5.41) is 11.7. The van der Waals surface area contributed by atoms with Crippen LogP contribution in [0.3, 0.4) is 0 Å². The fourth-order valence-corrected chi connectivity index (χ4v) is 2.31. The molecule has 0 saturated carbocycles. The van der Waals surface area contributed by atoms with Crippen LogP contribution in [0.4, 0.5) is 5.69 Å². The molecular weight excluding hydrogens is 256 g/mol. The maximum atomic E-state index is 12.2. The minimum atomic E-state index is -0.528. The van der Waals surface area contributed by atoms with Crippen molar-refractivity contribution in [3.8, 4) is 0 Å². The lowest BCUT2D eigenvalue weighted by Gasteiger charge is -2.16. The topological polar surface area (TPSA) is 69.6 Å². The lowest BCUT2D eigenvalue weighted by molar-refractivity contribution is -0.121. The van der Waals surface area contributed by atoms with Gasteiger partial charge < -0.3 is 10.4 Å². The van der Waals surface area contributed by atoms with E-state index in [9.17, 15) is 9.59 Å². The SMILES string of the molecule is CC(C)c1ccc(N2C(=O)C[C@H](NCCO)C2=O)cc1. The highest BCUT2D eigenvalue weighted by Crippen LogP contribution is 2.25. The highest BCUT2D eigenvalue weighted by atomic mass is 16.3. The maximum Gasteiger partial charge on any atom is 0.251 e. The minimum Gasteiger partial charge on any atom is -0.395 e. The molecule has 0 spiro atoms. The molecule has 1 aromatic carbocycles. The summed E-state index contributed by atoms with van der Waals surface area (Å²) in [7, 11) is 0. The van der Waals surface area contributed by atoms with E-state index in [1.807, 2.05) is 12.1 Å². The number of aliphatic hydroxyl groups excluding tert-OH is 1. The normalized spacial score (nSPS) is 19.2. The summed E-state index contributed by atoms with van der Waals surface area (Å²) in [5.74, 6) is -0.0449. The van der Waals surface area contributed by atoms with Gasteiger partial charge in [-0.3, -0.25) is 9.59 Å². The Morgan fingerprint density at radius 2 is 1.95 bits per heavy atom. The third-order valence-electron chi connectivity index (χ3n) is 3.47. The van der Waals surface area contributed by atoms with Crippen LogP contribution >= 0.6 is 0 Å². The predicted molar refractivity (Wildman–Crippen MR) is 76.5 cm³/mol. The number of amides is 2. The van der Waals surface area contributed by atoms with E-state index in [-0.39, 0.29) is 24.8 Å². The summed E-state index contributed by atoms with van der Waals surface area (Å²) < 4.78 is 0. The number of anilines is 1. The molecule has 1 fully saturated rings. The lowest BCUT2D eigenvalue weighted by atomic mass is 10.0. The Bertz CT molecular complexity index is 496. The first-order valence-electron chi connectivity index (χ1n) is 6.85. The molecule has 2 N–H and O–H groups in total. The molecule has 5 heteroatoms. The molecule has 20 heavy (non-hydrogen) atoms. The summed E-state index contributed by atoms with van der Waals surface area (Å²) in [6.45, 7) is 4.44. The van der Waals surface area contributed by atoms with Crippen LogP contribution in [0.15, 0.2) is 24.3 Å². The first-order valence-corrected chi connectivity index (χ1v) is 6.85. The number of hydrogen-bond donors (Lipinski definition) is 2. The van der Waals surface area contributed by atoms with Crippen molar-refractivity contribution < 1.29 is 14.7 Å². The number of benzene rings is 1. The van der Waals surface area contributed by atoms with E-state index in [0.29, 0.717) is 18.2 Å². The molecule has 5 nitrogen and oxygen atoms in total. The van der Waals surface area contributed by atoms with Crippen LogP contribution in [0, 0.1) is 0 Å². The summed E-state index contributed by atoms with van der Waals surface area (Å²) in [4.78, 5) is 25.4. The van der Waals surface area contributed by atoms with E-state index < -0.39 is 6.04 Å². The first kappa shape index (κ1) is 14.7. The highest BCUT2D eigenvalue weighted by Gasteiger charge is 2.39. The Labute approximate surface area is 118 Å². The summed E-state index contributed by atoms with van der Waals surface area (Å²) in [5.41, 5.74) is 1.78. The van der Waals surface area contributed by atoms with Gasteiger partial charge >= 0.3 is 0 Å². The van der Waals surface area contributed by atoms with Crippen LogP contribution in [0.5, 0.6) is 0 Å². The Kier molecular flexibility index (Phi) is 4.52. The molecule has 1 heterocycles. The quantitative estimate of drug-likeness (QED) is 0.788. The maximum absolute atomic E-state index is 12.2. The molecule has 0 aliphatic carbocycles. The van der Waals surface area contributed by atoms with Crippen molar-refractivity contribution >= 4 is 17.5 Å². The zero-order valence-corrected chi connectivity index (χ0v) is 11.8. The number of nitrogens with one attached hydrogen (secondary N) is 1. The standard InChI is InChI=1S/C15H20N2O3/c1-10(2)11-3-5-12(6-4-11)17-14(19)9-13(15(17)20)16-7-8-18/h3-6,10,13,16,18H,7-9H2,1-2H3/t13-/m0/s1. The molecule has 2 amide bonds. The van der Waals surface area contributed by atoms with Crippen molar-refractivity contribution in [1.29, 1.82) is 0 Å². The van der Waals surface area contributed by atoms with Crippen LogP contribution in [-0.4, -0.2) is 36.1 Å². The molecule has 0 bridgehead atoms. The van der Waals surface area contributed by atoms with Crippen molar-refractivity contribution in [3.05, 3.63) is 29.8 Å². The average Bonchev–Trinajstić information content (AvgIpc) is 2.71. The van der Waals surface area contributed by atoms with Crippen molar-refractivity contribution in [2.45, 2.75) is 32.2 Å². The van der Waals surface area contributed by atoms with Crippen LogP contribution in [-0.2, 0) is 9.59 Å². The van der Waals surface area contributed by atoms with Crippen molar-refractivity contribution in [2.24, 2.45) is 0 Å². The van der Waals surface area contributed by atoms with Crippen molar-refractivity contribution in [2.75, 3.05) is 18.1 Å². The second kappa shape index (κ2) is 6.15. The van der Waals surface area contributed by atoms with E-state index in [2.05, 4.69) is 19.2 Å². The number of carbonyl (C=O) groups is 2. The summed E-state index contributed by atoms with van der Waals surface area (Å²) in [6.07, 6.45) is 0.144. The molecule has 1 atom stereocenters. The van der Waals surface area contributed by atoms with E-state index >= 15 is 0 Å². The first-order chi connectivity index (χ1) is 9.54. The fourth-order valence-electron chi connectivity index (χ4n) is 2.31. The minimum absolute atomic E-state index is 0.0545. The van der Waals surface area contributed by atoms with Gasteiger partial charge in [-0.2, -0.15) is 0 Å². The molecule has 1 saturated heterocycles. The molecule has 0 unspecified atom stereocenters. The summed E-state index contributed by atoms with van der Waals surface area (Å²) in [6, 6.07) is 6.96. The number of aliphatic hydroxyl groups is 1. The van der Waals surface area contributed by atoms with Crippen LogP contribution in [0.25, 0.3) is 0 Å². The molecule has 108 valence electrons. The van der Waals surface area contributed by atoms with Gasteiger partial charge in [0.1, 0.15) is 0 Å². The fraction of sp³-hybridized carbons (Fsp3) is 0.467. The molecule has 1 aromatic rings. The van der Waals surface area contributed by atoms with Gasteiger partial charge in [0.15, 0.2) is 0 Å². The number of imide groups is 1. The van der Waals surface area contributed by atoms with Gasteiger partial charge in [0, 0.05) is 6.54 Å². The monoisotopic (exact) mass is 276 g/mol. The molecule has 1 aliphatic heterocycles. The Morgan fingerprint density at radius 3 is 2.50 bits per heavy atom. The van der Waals surface area contributed by atoms with Gasteiger partial charge in [-0.05, 0) is 23.6 Å². The van der Waals surface area contributed by atoms with E-state index in [4.69, 9.17) is 5.11 Å². The number of carbonyl (C=O) groups excluding carboxylic acids is 2. The molecular formula is C15H20N2O3. The summed E-state index contributed by atoms with van der Waals surface area (Å²) >= 11 is 0. The second-order valence-electron chi connectivity index (χ2n) is 5.25. The van der Waals surface area contributed by atoms with E-state index in [0.717, 1.165) is 0 Å². The number of hydrogen-bond acceptors (Lipinski definition) is 4. The number of rotatable bonds is 5. The second-order valence-corrected chi connectivity index (χ2v) is 5.25. The van der Waals surface area contributed by atoms with Crippen molar-refractivity contribution in [3.63, 3.8) is 0 Å². The van der Waals surface area contributed by atoms with Gasteiger partial charge in [-0.1, -0.05) is 26.0 Å². The molecule has 1 aliphatic rings. The van der Waals surface area contributed by atoms with E-state index in [1.54, 1.807) is 12.1 Å².